The van der Waals surface area contributed by atoms with E-state index in [0.717, 1.165) is 43.6 Å². The Kier molecular flexibility index (Phi) is 5.13. The van der Waals surface area contributed by atoms with Crippen LogP contribution < -0.4 is 4.90 Å². The Hall–Kier alpha value is -5.54. The highest BCUT2D eigenvalue weighted by Gasteiger charge is 2.34. The molecule has 0 fully saturated rings. The molecule has 41 heavy (non-hydrogen) atoms. The van der Waals surface area contributed by atoms with E-state index in [1.54, 1.807) is 0 Å². The van der Waals surface area contributed by atoms with Gasteiger partial charge in [-0.3, -0.25) is 9.59 Å². The standard InChI is InChI=1S/C38H23NO2/c40-37-34-16-8-15-33-32(31-20-19-28(25-10-2-1-3-11-25)29-13-6-7-14-30(29)31)21-22-35(36(33)34)38(41)39(37)27-18-17-24-9-4-5-12-26(24)23-27/h1-23H. The van der Waals surface area contributed by atoms with Crippen LogP contribution >= 0.6 is 0 Å². The van der Waals surface area contributed by atoms with Crippen LogP contribution in [0.25, 0.3) is 54.6 Å². The summed E-state index contributed by atoms with van der Waals surface area (Å²) < 4.78 is 0. The Balaban J connectivity index is 1.31. The summed E-state index contributed by atoms with van der Waals surface area (Å²) in [7, 11) is 0. The van der Waals surface area contributed by atoms with Crippen molar-refractivity contribution in [3.8, 4) is 22.3 Å². The quantitative estimate of drug-likeness (QED) is 0.216. The normalized spacial score (nSPS) is 12.9. The summed E-state index contributed by atoms with van der Waals surface area (Å²) >= 11 is 0. The van der Waals surface area contributed by atoms with Gasteiger partial charge >= 0.3 is 0 Å². The molecule has 0 aromatic heterocycles. The average Bonchev–Trinajstić information content (AvgIpc) is 3.03. The van der Waals surface area contributed by atoms with Crippen LogP contribution in [0, 0.1) is 0 Å². The number of imide groups is 1. The smallest absolute Gasteiger partial charge is 0.265 e. The molecule has 2 amide bonds. The van der Waals surface area contributed by atoms with Crippen LogP contribution in [0.4, 0.5) is 5.69 Å². The van der Waals surface area contributed by atoms with Crippen LogP contribution in [-0.4, -0.2) is 11.8 Å². The van der Waals surface area contributed by atoms with Gasteiger partial charge < -0.3 is 0 Å². The Labute approximate surface area is 236 Å². The zero-order valence-electron chi connectivity index (χ0n) is 22.0. The highest BCUT2D eigenvalue weighted by Crippen LogP contribution is 2.42. The minimum absolute atomic E-state index is 0.301. The maximum Gasteiger partial charge on any atom is 0.265 e. The van der Waals surface area contributed by atoms with E-state index in [2.05, 4.69) is 60.7 Å². The Bertz CT molecular complexity index is 2170. The third kappa shape index (κ3) is 3.53. The van der Waals surface area contributed by atoms with Crippen molar-refractivity contribution in [2.24, 2.45) is 0 Å². The molecule has 3 nitrogen and oxygen atoms in total. The Morgan fingerprint density at radius 1 is 0.390 bits per heavy atom. The molecule has 7 aromatic rings. The molecule has 1 heterocycles. The molecule has 1 aliphatic heterocycles. The predicted molar refractivity (Wildman–Crippen MR) is 167 cm³/mol. The topological polar surface area (TPSA) is 37.4 Å². The van der Waals surface area contributed by atoms with Crippen molar-refractivity contribution in [2.45, 2.75) is 0 Å². The lowest BCUT2D eigenvalue weighted by Crippen LogP contribution is -2.40. The van der Waals surface area contributed by atoms with Gasteiger partial charge in [0.1, 0.15) is 0 Å². The van der Waals surface area contributed by atoms with E-state index in [9.17, 15) is 9.59 Å². The van der Waals surface area contributed by atoms with Gasteiger partial charge in [-0.15, -0.1) is 0 Å². The molecular formula is C38H23NO2. The molecule has 0 unspecified atom stereocenters. The number of rotatable bonds is 3. The van der Waals surface area contributed by atoms with Gasteiger partial charge in [0.25, 0.3) is 11.8 Å². The number of carbonyl (C=O) groups excluding carboxylic acids is 2. The van der Waals surface area contributed by atoms with Crippen LogP contribution in [0.15, 0.2) is 140 Å². The Morgan fingerprint density at radius 3 is 1.73 bits per heavy atom. The van der Waals surface area contributed by atoms with Gasteiger partial charge in [0.15, 0.2) is 0 Å². The summed E-state index contributed by atoms with van der Waals surface area (Å²) in [5.41, 5.74) is 6.06. The van der Waals surface area contributed by atoms with Gasteiger partial charge in [0.05, 0.1) is 5.69 Å². The number of anilines is 1. The lowest BCUT2D eigenvalue weighted by atomic mass is 9.86. The largest absolute Gasteiger partial charge is 0.268 e. The lowest BCUT2D eigenvalue weighted by Gasteiger charge is -2.28. The molecule has 7 aromatic carbocycles. The third-order valence-corrected chi connectivity index (χ3v) is 8.20. The second-order valence-corrected chi connectivity index (χ2v) is 10.4. The molecule has 0 spiro atoms. The minimum Gasteiger partial charge on any atom is -0.268 e. The first-order valence-corrected chi connectivity index (χ1v) is 13.7. The van der Waals surface area contributed by atoms with Crippen molar-refractivity contribution in [1.29, 1.82) is 0 Å². The summed E-state index contributed by atoms with van der Waals surface area (Å²) in [4.78, 5) is 29.1. The van der Waals surface area contributed by atoms with Crippen molar-refractivity contribution >= 4 is 49.8 Å². The maximum atomic E-state index is 13.9. The highest BCUT2D eigenvalue weighted by atomic mass is 16.2. The zero-order valence-corrected chi connectivity index (χ0v) is 22.0. The van der Waals surface area contributed by atoms with Crippen LogP contribution in [0.1, 0.15) is 20.7 Å². The fourth-order valence-electron chi connectivity index (χ4n) is 6.28. The number of hydrogen-bond donors (Lipinski definition) is 0. The SMILES string of the molecule is O=C1c2cccc3c(-c4ccc(-c5ccccc5)c5ccccc45)ccc(c23)C(=O)N1c1ccc2ccccc2c1. The summed E-state index contributed by atoms with van der Waals surface area (Å²) in [5, 5.41) is 5.94. The fourth-order valence-corrected chi connectivity index (χ4v) is 6.28. The third-order valence-electron chi connectivity index (χ3n) is 8.20. The summed E-state index contributed by atoms with van der Waals surface area (Å²) in [6, 6.07) is 46.5. The van der Waals surface area contributed by atoms with E-state index in [4.69, 9.17) is 0 Å². The van der Waals surface area contributed by atoms with Crippen molar-refractivity contribution < 1.29 is 9.59 Å². The molecule has 3 heteroatoms. The number of nitrogens with zero attached hydrogens (tertiary/aromatic N) is 1. The van der Waals surface area contributed by atoms with E-state index < -0.39 is 0 Å². The lowest BCUT2D eigenvalue weighted by molar-refractivity contribution is 0.0893. The molecule has 0 N–H and O–H groups in total. The van der Waals surface area contributed by atoms with Crippen molar-refractivity contribution in [2.75, 3.05) is 4.90 Å². The number of benzene rings is 7. The molecule has 1 aliphatic rings. The minimum atomic E-state index is -0.301. The Morgan fingerprint density at radius 2 is 0.951 bits per heavy atom. The van der Waals surface area contributed by atoms with Crippen molar-refractivity contribution in [3.05, 3.63) is 151 Å². The van der Waals surface area contributed by atoms with E-state index in [1.807, 2.05) is 78.9 Å². The first-order chi connectivity index (χ1) is 20.2. The van der Waals surface area contributed by atoms with Gasteiger partial charge in [-0.05, 0) is 73.5 Å². The van der Waals surface area contributed by atoms with Crippen LogP contribution in [0.5, 0.6) is 0 Å². The van der Waals surface area contributed by atoms with E-state index in [0.29, 0.717) is 22.2 Å². The molecular weight excluding hydrogens is 502 g/mol. The maximum absolute atomic E-state index is 13.9. The summed E-state index contributed by atoms with van der Waals surface area (Å²) in [5.74, 6) is -0.602. The first-order valence-electron chi connectivity index (χ1n) is 13.7. The monoisotopic (exact) mass is 525 g/mol. The van der Waals surface area contributed by atoms with Gasteiger partial charge in [-0.25, -0.2) is 4.90 Å². The summed E-state index contributed by atoms with van der Waals surface area (Å²) in [6.45, 7) is 0. The van der Waals surface area contributed by atoms with Crippen molar-refractivity contribution in [1.82, 2.24) is 0 Å². The van der Waals surface area contributed by atoms with Crippen molar-refractivity contribution in [3.63, 3.8) is 0 Å². The average molecular weight is 526 g/mol. The number of amides is 2. The zero-order chi connectivity index (χ0) is 27.5. The van der Waals surface area contributed by atoms with Crippen LogP contribution in [-0.2, 0) is 0 Å². The first kappa shape index (κ1) is 23.4. The predicted octanol–water partition coefficient (Wildman–Crippen LogP) is 9.28. The van der Waals surface area contributed by atoms with E-state index in [1.165, 1.54) is 10.5 Å². The molecule has 8 rings (SSSR count). The van der Waals surface area contributed by atoms with Gasteiger partial charge in [0, 0.05) is 16.5 Å². The molecule has 0 atom stereocenters. The van der Waals surface area contributed by atoms with E-state index in [-0.39, 0.29) is 11.8 Å². The summed E-state index contributed by atoms with van der Waals surface area (Å²) in [6.07, 6.45) is 0. The van der Waals surface area contributed by atoms with E-state index >= 15 is 0 Å². The fraction of sp³-hybridized carbons (Fsp3) is 0. The number of carbonyl (C=O) groups is 2. The molecule has 0 bridgehead atoms. The molecule has 0 saturated heterocycles. The van der Waals surface area contributed by atoms with Gasteiger partial charge in [-0.1, -0.05) is 115 Å². The molecule has 0 radical (unpaired) electrons. The van der Waals surface area contributed by atoms with Crippen LogP contribution in [0.3, 0.4) is 0 Å². The molecule has 0 aliphatic carbocycles. The van der Waals surface area contributed by atoms with Gasteiger partial charge in [-0.2, -0.15) is 0 Å². The molecule has 0 saturated carbocycles. The van der Waals surface area contributed by atoms with Gasteiger partial charge in [0.2, 0.25) is 0 Å². The number of fused-ring (bicyclic) bond motifs is 2. The second kappa shape index (κ2) is 9.00. The molecule has 192 valence electrons. The van der Waals surface area contributed by atoms with Crippen LogP contribution in [0.2, 0.25) is 0 Å². The second-order valence-electron chi connectivity index (χ2n) is 10.4. The number of hydrogen-bond acceptors (Lipinski definition) is 2. The highest BCUT2D eigenvalue weighted by molar-refractivity contribution is 6.37.